The van der Waals surface area contributed by atoms with Crippen LogP contribution < -0.4 is 9.47 Å². The number of hydrogen-bond donors (Lipinski definition) is 1. The maximum atomic E-state index is 11.8. The summed E-state index contributed by atoms with van der Waals surface area (Å²) in [5, 5.41) is 7.86. The minimum absolute atomic E-state index is 0.0914. The van der Waals surface area contributed by atoms with Gasteiger partial charge >= 0.3 is 0 Å². The number of aromatic amines is 1. The van der Waals surface area contributed by atoms with Gasteiger partial charge in [0.15, 0.2) is 5.52 Å². The molecule has 1 aliphatic heterocycles. The number of carbonyl (C=O) groups excluding carboxylic acids is 1. The van der Waals surface area contributed by atoms with Gasteiger partial charge in [-0.3, -0.25) is 9.89 Å². The van der Waals surface area contributed by atoms with Gasteiger partial charge in [-0.25, -0.2) is 9.97 Å². The van der Waals surface area contributed by atoms with Gasteiger partial charge in [-0.1, -0.05) is 6.58 Å². The van der Waals surface area contributed by atoms with Crippen LogP contribution in [0.5, 0.6) is 17.5 Å². The zero-order valence-electron chi connectivity index (χ0n) is 16.0. The first-order valence-electron chi connectivity index (χ1n) is 9.50. The maximum Gasteiger partial charge on any atom is 0.249 e. The van der Waals surface area contributed by atoms with E-state index in [1.165, 1.54) is 12.4 Å². The van der Waals surface area contributed by atoms with Gasteiger partial charge in [0.1, 0.15) is 18.2 Å². The number of hydrogen-bond acceptors (Lipinski definition) is 7. The Morgan fingerprint density at radius 1 is 1.27 bits per heavy atom. The van der Waals surface area contributed by atoms with Crippen LogP contribution in [0, 0.1) is 0 Å². The quantitative estimate of drug-likeness (QED) is 0.512. The SMILES string of the molecule is C=CC(=O)N1CCC(Oc2ccc3ncnc(Oc4ccc5[nH]ncc5c4)c3n2)C1. The third-order valence-corrected chi connectivity index (χ3v) is 4.97. The summed E-state index contributed by atoms with van der Waals surface area (Å²) in [7, 11) is 0. The molecule has 4 aromatic rings. The molecule has 9 heteroatoms. The van der Waals surface area contributed by atoms with E-state index in [2.05, 4.69) is 31.7 Å². The number of H-pyrrole nitrogens is 1. The van der Waals surface area contributed by atoms with Gasteiger partial charge in [-0.15, -0.1) is 0 Å². The van der Waals surface area contributed by atoms with Crippen LogP contribution in [0.15, 0.2) is 55.5 Å². The maximum absolute atomic E-state index is 11.8. The third kappa shape index (κ3) is 3.41. The van der Waals surface area contributed by atoms with E-state index in [9.17, 15) is 4.79 Å². The van der Waals surface area contributed by atoms with Crippen molar-refractivity contribution >= 4 is 27.8 Å². The van der Waals surface area contributed by atoms with E-state index in [1.54, 1.807) is 17.2 Å². The summed E-state index contributed by atoms with van der Waals surface area (Å²) in [6.45, 7) is 4.67. The summed E-state index contributed by atoms with van der Waals surface area (Å²) >= 11 is 0. The molecule has 0 aliphatic carbocycles. The molecule has 3 aromatic heterocycles. The fourth-order valence-electron chi connectivity index (χ4n) is 3.46. The number of fused-ring (bicyclic) bond motifs is 2. The van der Waals surface area contributed by atoms with Crippen molar-refractivity contribution in [2.75, 3.05) is 13.1 Å². The Morgan fingerprint density at radius 2 is 2.20 bits per heavy atom. The summed E-state index contributed by atoms with van der Waals surface area (Å²) in [4.78, 5) is 26.5. The van der Waals surface area contributed by atoms with E-state index >= 15 is 0 Å². The minimum atomic E-state index is -0.128. The van der Waals surface area contributed by atoms with Crippen molar-refractivity contribution in [3.05, 3.63) is 55.5 Å². The van der Waals surface area contributed by atoms with Gasteiger partial charge in [0.05, 0.1) is 23.8 Å². The molecular formula is C21H18N6O3. The predicted octanol–water partition coefficient (Wildman–Crippen LogP) is 2.86. The standard InChI is InChI=1S/C21H18N6O3/c1-2-19(28)27-8-7-15(11-27)29-18-6-5-17-20(25-18)21(23-12-22-17)30-14-3-4-16-13(9-14)10-24-26-16/h2-6,9-10,12,15H,1,7-8,11H2,(H,24,26). The first kappa shape index (κ1) is 18.0. The van der Waals surface area contributed by atoms with Crippen molar-refractivity contribution in [1.82, 2.24) is 30.0 Å². The summed E-state index contributed by atoms with van der Waals surface area (Å²) in [6.07, 6.45) is 5.09. The molecule has 30 heavy (non-hydrogen) atoms. The Bertz CT molecular complexity index is 1250. The molecular weight excluding hydrogens is 384 g/mol. The number of amides is 1. The highest BCUT2D eigenvalue weighted by Gasteiger charge is 2.26. The second-order valence-corrected chi connectivity index (χ2v) is 6.93. The van der Waals surface area contributed by atoms with Crippen molar-refractivity contribution in [2.45, 2.75) is 12.5 Å². The normalized spacial score (nSPS) is 16.1. The van der Waals surface area contributed by atoms with Crippen LogP contribution in [0.2, 0.25) is 0 Å². The minimum Gasteiger partial charge on any atom is -0.472 e. The molecule has 0 saturated carbocycles. The van der Waals surface area contributed by atoms with Crippen molar-refractivity contribution in [1.29, 1.82) is 0 Å². The third-order valence-electron chi connectivity index (χ3n) is 4.97. The second kappa shape index (κ2) is 7.43. The number of likely N-dealkylation sites (tertiary alicyclic amines) is 1. The molecule has 1 amide bonds. The lowest BCUT2D eigenvalue weighted by Gasteiger charge is -2.15. The van der Waals surface area contributed by atoms with E-state index in [0.717, 1.165) is 17.3 Å². The van der Waals surface area contributed by atoms with Crippen LogP contribution in [0.3, 0.4) is 0 Å². The number of nitrogens with one attached hydrogen (secondary N) is 1. The monoisotopic (exact) mass is 402 g/mol. The first-order valence-corrected chi connectivity index (χ1v) is 9.50. The van der Waals surface area contributed by atoms with Crippen LogP contribution in [0.25, 0.3) is 21.9 Å². The molecule has 9 nitrogen and oxygen atoms in total. The number of ether oxygens (including phenoxy) is 2. The molecule has 0 spiro atoms. The van der Waals surface area contributed by atoms with E-state index in [4.69, 9.17) is 9.47 Å². The average molecular weight is 402 g/mol. The van der Waals surface area contributed by atoms with Crippen LogP contribution >= 0.6 is 0 Å². The lowest BCUT2D eigenvalue weighted by Crippen LogP contribution is -2.29. The van der Waals surface area contributed by atoms with Gasteiger partial charge in [0.25, 0.3) is 0 Å². The van der Waals surface area contributed by atoms with Gasteiger partial charge < -0.3 is 14.4 Å². The summed E-state index contributed by atoms with van der Waals surface area (Å²) in [6, 6.07) is 9.16. The van der Waals surface area contributed by atoms with Crippen LogP contribution in [-0.2, 0) is 4.79 Å². The number of rotatable bonds is 5. The summed E-state index contributed by atoms with van der Waals surface area (Å²) in [5.74, 6) is 1.30. The number of carbonyl (C=O) groups is 1. The fraction of sp³-hybridized carbons (Fsp3) is 0.190. The van der Waals surface area contributed by atoms with E-state index in [0.29, 0.717) is 41.6 Å². The Morgan fingerprint density at radius 3 is 3.10 bits per heavy atom. The molecule has 1 N–H and O–H groups in total. The molecule has 1 aromatic carbocycles. The van der Waals surface area contributed by atoms with Crippen LogP contribution in [-0.4, -0.2) is 55.1 Å². The zero-order chi connectivity index (χ0) is 20.5. The molecule has 0 bridgehead atoms. The average Bonchev–Trinajstić information content (AvgIpc) is 3.43. The fourth-order valence-corrected chi connectivity index (χ4v) is 3.46. The molecule has 1 atom stereocenters. The Hall–Kier alpha value is -4.01. The van der Waals surface area contributed by atoms with Crippen LogP contribution in [0.4, 0.5) is 0 Å². The number of aromatic nitrogens is 5. The molecule has 150 valence electrons. The van der Waals surface area contributed by atoms with Gasteiger partial charge in [0, 0.05) is 24.4 Å². The molecule has 5 rings (SSSR count). The summed E-state index contributed by atoms with van der Waals surface area (Å²) < 4.78 is 12.0. The molecule has 1 fully saturated rings. The van der Waals surface area contributed by atoms with Gasteiger partial charge in [-0.05, 0) is 30.3 Å². The number of nitrogens with zero attached hydrogens (tertiary/aromatic N) is 5. The molecule has 0 radical (unpaired) electrons. The van der Waals surface area contributed by atoms with Crippen molar-refractivity contribution in [3.63, 3.8) is 0 Å². The Labute approximate surface area is 171 Å². The lowest BCUT2D eigenvalue weighted by molar-refractivity contribution is -0.125. The highest BCUT2D eigenvalue weighted by molar-refractivity contribution is 5.87. The lowest BCUT2D eigenvalue weighted by atomic mass is 10.2. The van der Waals surface area contributed by atoms with Gasteiger partial charge in [0.2, 0.25) is 17.7 Å². The van der Waals surface area contributed by atoms with E-state index in [-0.39, 0.29) is 12.0 Å². The van der Waals surface area contributed by atoms with E-state index in [1.807, 2.05) is 24.3 Å². The smallest absolute Gasteiger partial charge is 0.249 e. The van der Waals surface area contributed by atoms with Crippen molar-refractivity contribution < 1.29 is 14.3 Å². The second-order valence-electron chi connectivity index (χ2n) is 6.93. The topological polar surface area (TPSA) is 106 Å². The van der Waals surface area contributed by atoms with Crippen molar-refractivity contribution in [2.24, 2.45) is 0 Å². The molecule has 1 aliphatic rings. The molecule has 4 heterocycles. The van der Waals surface area contributed by atoms with E-state index < -0.39 is 0 Å². The predicted molar refractivity (Wildman–Crippen MR) is 109 cm³/mol. The van der Waals surface area contributed by atoms with Crippen molar-refractivity contribution in [3.8, 4) is 17.5 Å². The summed E-state index contributed by atoms with van der Waals surface area (Å²) in [5.41, 5.74) is 2.06. The largest absolute Gasteiger partial charge is 0.472 e. The highest BCUT2D eigenvalue weighted by Crippen LogP contribution is 2.29. The Balaban J connectivity index is 1.39. The Kier molecular flexibility index (Phi) is 4.47. The number of pyridine rings is 1. The zero-order valence-corrected chi connectivity index (χ0v) is 16.0. The van der Waals surface area contributed by atoms with Crippen LogP contribution in [0.1, 0.15) is 6.42 Å². The number of benzene rings is 1. The molecule has 1 unspecified atom stereocenters. The first-order chi connectivity index (χ1) is 14.7. The highest BCUT2D eigenvalue weighted by atomic mass is 16.5. The van der Waals surface area contributed by atoms with Gasteiger partial charge in [-0.2, -0.15) is 10.1 Å². The molecule has 1 saturated heterocycles.